The number of amides is 1. The number of nitrogens with two attached hydrogens (primary N) is 1. The van der Waals surface area contributed by atoms with Crippen molar-refractivity contribution in [3.63, 3.8) is 0 Å². The van der Waals surface area contributed by atoms with E-state index in [1.165, 1.54) is 6.20 Å². The van der Waals surface area contributed by atoms with Crippen LogP contribution in [0.3, 0.4) is 0 Å². The average molecular weight is 251 g/mol. The van der Waals surface area contributed by atoms with Crippen LogP contribution in [0.15, 0.2) is 30.5 Å². The molecular formula is C11H11ClN4O. The number of halogens is 1. The van der Waals surface area contributed by atoms with Gasteiger partial charge >= 0.3 is 0 Å². The first-order valence-electron chi connectivity index (χ1n) is 4.95. The van der Waals surface area contributed by atoms with Crippen molar-refractivity contribution in [2.75, 3.05) is 0 Å². The van der Waals surface area contributed by atoms with Gasteiger partial charge in [0, 0.05) is 5.02 Å². The number of hydrogen-bond donors (Lipinski definition) is 2. The van der Waals surface area contributed by atoms with E-state index in [0.717, 1.165) is 5.69 Å². The summed E-state index contributed by atoms with van der Waals surface area (Å²) >= 11 is 5.90. The molecule has 1 amide bonds. The van der Waals surface area contributed by atoms with Crippen LogP contribution in [0.2, 0.25) is 5.02 Å². The lowest BCUT2D eigenvalue weighted by Gasteiger charge is -2.05. The van der Waals surface area contributed by atoms with Crippen molar-refractivity contribution in [1.29, 1.82) is 0 Å². The fourth-order valence-corrected chi connectivity index (χ4v) is 1.76. The molecule has 0 radical (unpaired) electrons. The highest BCUT2D eigenvalue weighted by molar-refractivity contribution is 6.30. The van der Waals surface area contributed by atoms with Crippen LogP contribution >= 0.6 is 11.6 Å². The molecule has 1 aromatic heterocycles. The second-order valence-electron chi connectivity index (χ2n) is 3.51. The van der Waals surface area contributed by atoms with E-state index in [1.807, 2.05) is 12.1 Å². The summed E-state index contributed by atoms with van der Waals surface area (Å²) in [6, 6.07) is 7.22. The van der Waals surface area contributed by atoms with E-state index in [-0.39, 0.29) is 5.91 Å². The monoisotopic (exact) mass is 250 g/mol. The normalized spacial score (nSPS) is 10.3. The van der Waals surface area contributed by atoms with E-state index in [1.54, 1.807) is 23.7 Å². The number of carbonyl (C=O) groups excluding carboxylic acids is 1. The Labute approximate surface area is 103 Å². The minimum atomic E-state index is -0.365. The Morgan fingerprint density at radius 1 is 1.53 bits per heavy atom. The number of nitrogens with zero attached hydrogens (tertiary/aromatic N) is 2. The summed E-state index contributed by atoms with van der Waals surface area (Å²) in [4.78, 5) is 11.4. The summed E-state index contributed by atoms with van der Waals surface area (Å²) in [6.07, 6.45) is 1.47. The molecule has 2 aromatic rings. The van der Waals surface area contributed by atoms with E-state index in [4.69, 9.17) is 17.4 Å². The highest BCUT2D eigenvalue weighted by Crippen LogP contribution is 2.17. The van der Waals surface area contributed by atoms with Crippen molar-refractivity contribution in [2.45, 2.75) is 6.92 Å². The maximum atomic E-state index is 11.4. The summed E-state index contributed by atoms with van der Waals surface area (Å²) in [7, 11) is 0. The van der Waals surface area contributed by atoms with Crippen molar-refractivity contribution in [3.8, 4) is 5.69 Å². The molecule has 88 valence electrons. The fraction of sp³-hybridized carbons (Fsp3) is 0.0909. The zero-order valence-electron chi connectivity index (χ0n) is 9.14. The standard InChI is InChI=1S/C11H11ClN4O/c1-7-10(11(17)15-13)6-14-16(7)9-4-2-3-8(12)5-9/h2-6H,13H2,1H3,(H,15,17). The minimum Gasteiger partial charge on any atom is -0.290 e. The molecule has 5 nitrogen and oxygen atoms in total. The van der Waals surface area contributed by atoms with Crippen LogP contribution in [-0.2, 0) is 0 Å². The van der Waals surface area contributed by atoms with Crippen molar-refractivity contribution in [2.24, 2.45) is 5.84 Å². The van der Waals surface area contributed by atoms with Crippen molar-refractivity contribution in [3.05, 3.63) is 46.7 Å². The second kappa shape index (κ2) is 4.57. The number of nitrogens with one attached hydrogen (secondary N) is 1. The topological polar surface area (TPSA) is 72.9 Å². The molecule has 0 aliphatic rings. The summed E-state index contributed by atoms with van der Waals surface area (Å²) in [5.74, 6) is 4.72. The average Bonchev–Trinajstić information content (AvgIpc) is 2.70. The van der Waals surface area contributed by atoms with Crippen LogP contribution in [0.5, 0.6) is 0 Å². The van der Waals surface area contributed by atoms with Crippen molar-refractivity contribution in [1.82, 2.24) is 15.2 Å². The molecule has 0 spiro atoms. The lowest BCUT2D eigenvalue weighted by molar-refractivity contribution is 0.0953. The van der Waals surface area contributed by atoms with Gasteiger partial charge in [-0.2, -0.15) is 5.10 Å². The van der Waals surface area contributed by atoms with Crippen LogP contribution in [0, 0.1) is 6.92 Å². The summed E-state index contributed by atoms with van der Waals surface area (Å²) < 4.78 is 1.64. The minimum absolute atomic E-state index is 0.365. The summed E-state index contributed by atoms with van der Waals surface area (Å²) in [5, 5.41) is 4.75. The van der Waals surface area contributed by atoms with Crippen LogP contribution in [-0.4, -0.2) is 15.7 Å². The molecule has 1 aromatic carbocycles. The SMILES string of the molecule is Cc1c(C(=O)NN)cnn1-c1cccc(Cl)c1. The summed E-state index contributed by atoms with van der Waals surface area (Å²) in [6.45, 7) is 1.79. The van der Waals surface area contributed by atoms with Crippen LogP contribution in [0.1, 0.15) is 16.1 Å². The molecule has 0 aliphatic carbocycles. The summed E-state index contributed by atoms with van der Waals surface area (Å²) in [5.41, 5.74) is 4.02. The molecule has 1 heterocycles. The molecule has 6 heteroatoms. The number of hydrogen-bond acceptors (Lipinski definition) is 3. The first-order chi connectivity index (χ1) is 8.13. The molecule has 2 rings (SSSR count). The van der Waals surface area contributed by atoms with Gasteiger partial charge in [-0.05, 0) is 25.1 Å². The van der Waals surface area contributed by atoms with Crippen molar-refractivity contribution >= 4 is 17.5 Å². The first-order valence-corrected chi connectivity index (χ1v) is 5.33. The molecule has 0 fully saturated rings. The van der Waals surface area contributed by atoms with Gasteiger partial charge in [0.05, 0.1) is 23.1 Å². The Morgan fingerprint density at radius 2 is 2.29 bits per heavy atom. The van der Waals surface area contributed by atoms with Gasteiger partial charge in [-0.15, -0.1) is 0 Å². The number of benzene rings is 1. The largest absolute Gasteiger partial charge is 0.290 e. The van der Waals surface area contributed by atoms with Gasteiger partial charge in [0.2, 0.25) is 0 Å². The first kappa shape index (κ1) is 11.6. The van der Waals surface area contributed by atoms with E-state index in [0.29, 0.717) is 16.3 Å². The second-order valence-corrected chi connectivity index (χ2v) is 3.95. The van der Waals surface area contributed by atoms with Crippen LogP contribution in [0.4, 0.5) is 0 Å². The number of hydrazine groups is 1. The molecular weight excluding hydrogens is 240 g/mol. The number of carbonyl (C=O) groups is 1. The lowest BCUT2D eigenvalue weighted by Crippen LogP contribution is -2.30. The molecule has 3 N–H and O–H groups in total. The molecule has 0 bridgehead atoms. The van der Waals surface area contributed by atoms with E-state index < -0.39 is 0 Å². The van der Waals surface area contributed by atoms with E-state index in [2.05, 4.69) is 10.5 Å². The van der Waals surface area contributed by atoms with Gasteiger partial charge in [-0.25, -0.2) is 10.5 Å². The molecule has 0 atom stereocenters. The van der Waals surface area contributed by atoms with Gasteiger partial charge in [-0.1, -0.05) is 17.7 Å². The molecule has 0 unspecified atom stereocenters. The third kappa shape index (κ3) is 2.15. The zero-order chi connectivity index (χ0) is 12.4. The molecule has 17 heavy (non-hydrogen) atoms. The fourth-order valence-electron chi connectivity index (χ4n) is 1.58. The Morgan fingerprint density at radius 3 is 2.94 bits per heavy atom. The van der Waals surface area contributed by atoms with Crippen LogP contribution in [0.25, 0.3) is 5.69 Å². The predicted octanol–water partition coefficient (Wildman–Crippen LogP) is 1.44. The Balaban J connectivity index is 2.48. The molecule has 0 saturated heterocycles. The van der Waals surface area contributed by atoms with E-state index in [9.17, 15) is 4.79 Å². The third-order valence-corrected chi connectivity index (χ3v) is 2.67. The van der Waals surface area contributed by atoms with Gasteiger partial charge in [-0.3, -0.25) is 10.2 Å². The third-order valence-electron chi connectivity index (χ3n) is 2.44. The molecule has 0 saturated carbocycles. The van der Waals surface area contributed by atoms with Gasteiger partial charge < -0.3 is 0 Å². The lowest BCUT2D eigenvalue weighted by atomic mass is 10.2. The maximum Gasteiger partial charge on any atom is 0.268 e. The maximum absolute atomic E-state index is 11.4. The Hall–Kier alpha value is -1.85. The number of rotatable bonds is 2. The zero-order valence-corrected chi connectivity index (χ0v) is 9.90. The smallest absolute Gasteiger partial charge is 0.268 e. The van der Waals surface area contributed by atoms with Crippen LogP contribution < -0.4 is 11.3 Å². The highest BCUT2D eigenvalue weighted by Gasteiger charge is 2.13. The Bertz CT molecular complexity index is 564. The van der Waals surface area contributed by atoms with Crippen molar-refractivity contribution < 1.29 is 4.79 Å². The quantitative estimate of drug-likeness (QED) is 0.481. The number of aromatic nitrogens is 2. The molecule has 0 aliphatic heterocycles. The number of nitrogen functional groups attached to an aromatic ring is 1. The van der Waals surface area contributed by atoms with Gasteiger partial charge in [0.1, 0.15) is 0 Å². The highest BCUT2D eigenvalue weighted by atomic mass is 35.5. The Kier molecular flexibility index (Phi) is 3.12. The van der Waals surface area contributed by atoms with Gasteiger partial charge in [0.15, 0.2) is 0 Å². The predicted molar refractivity (Wildman–Crippen MR) is 65.0 cm³/mol. The van der Waals surface area contributed by atoms with Gasteiger partial charge in [0.25, 0.3) is 5.91 Å². The van der Waals surface area contributed by atoms with E-state index >= 15 is 0 Å².